The number of ether oxygens (including phenoxy) is 1. The lowest BCUT2D eigenvalue weighted by Crippen LogP contribution is -2.24. The van der Waals surface area contributed by atoms with Gasteiger partial charge in [0.15, 0.2) is 5.17 Å². The number of aliphatic imine (C=N–C) groups is 1. The largest absolute Gasteiger partial charge is 0.380 e. The van der Waals surface area contributed by atoms with Crippen molar-refractivity contribution in [3.63, 3.8) is 0 Å². The first-order chi connectivity index (χ1) is 8.51. The standard InChI is InChI=1S/C14H28N2OS/c1-5-6-8-17-9-7-15-13-16-11-12(18-13)10-14(2,3)4/h12H,5-11H2,1-4H3,(H,15,16). The SMILES string of the molecule is CCCCOCCNC1=NCC(CC(C)(C)C)S1. The van der Waals surface area contributed by atoms with E-state index in [1.165, 1.54) is 12.8 Å². The zero-order chi connectivity index (χ0) is 13.4. The Hall–Kier alpha value is -0.220. The first-order valence-electron chi connectivity index (χ1n) is 7.04. The summed E-state index contributed by atoms with van der Waals surface area (Å²) in [6.07, 6.45) is 3.58. The van der Waals surface area contributed by atoms with E-state index in [1.54, 1.807) is 0 Å². The average molecular weight is 272 g/mol. The third-order valence-electron chi connectivity index (χ3n) is 2.72. The quantitative estimate of drug-likeness (QED) is 0.722. The molecular formula is C14H28N2OS. The Labute approximate surface area is 116 Å². The van der Waals surface area contributed by atoms with Crippen molar-refractivity contribution in [2.45, 2.75) is 52.2 Å². The van der Waals surface area contributed by atoms with E-state index in [2.05, 4.69) is 38.0 Å². The zero-order valence-corrected chi connectivity index (χ0v) is 13.1. The van der Waals surface area contributed by atoms with Crippen LogP contribution in [0.1, 0.15) is 47.0 Å². The highest BCUT2D eigenvalue weighted by molar-refractivity contribution is 8.14. The number of hydrogen-bond donors (Lipinski definition) is 1. The summed E-state index contributed by atoms with van der Waals surface area (Å²) in [6, 6.07) is 0. The van der Waals surface area contributed by atoms with Gasteiger partial charge in [0, 0.05) is 18.4 Å². The fourth-order valence-corrected chi connectivity index (χ4v) is 3.27. The van der Waals surface area contributed by atoms with Gasteiger partial charge in [0.2, 0.25) is 0 Å². The Morgan fingerprint density at radius 1 is 1.39 bits per heavy atom. The van der Waals surface area contributed by atoms with Crippen LogP contribution in [0.2, 0.25) is 0 Å². The highest BCUT2D eigenvalue weighted by Gasteiger charge is 2.24. The van der Waals surface area contributed by atoms with Gasteiger partial charge in [0.1, 0.15) is 0 Å². The summed E-state index contributed by atoms with van der Waals surface area (Å²) in [4.78, 5) is 4.55. The third kappa shape index (κ3) is 7.27. The van der Waals surface area contributed by atoms with E-state index < -0.39 is 0 Å². The van der Waals surface area contributed by atoms with E-state index in [0.29, 0.717) is 10.7 Å². The maximum atomic E-state index is 5.51. The second kappa shape index (κ2) is 8.05. The summed E-state index contributed by atoms with van der Waals surface area (Å²) in [5, 5.41) is 5.11. The van der Waals surface area contributed by atoms with Gasteiger partial charge in [-0.2, -0.15) is 0 Å². The maximum absolute atomic E-state index is 5.51. The Bertz CT molecular complexity index is 261. The van der Waals surface area contributed by atoms with Crippen molar-refractivity contribution in [3.8, 4) is 0 Å². The Morgan fingerprint density at radius 3 is 2.83 bits per heavy atom. The molecule has 0 saturated carbocycles. The van der Waals surface area contributed by atoms with Crippen LogP contribution in [0.25, 0.3) is 0 Å². The van der Waals surface area contributed by atoms with Crippen LogP contribution in [0.5, 0.6) is 0 Å². The van der Waals surface area contributed by atoms with Crippen molar-refractivity contribution in [3.05, 3.63) is 0 Å². The summed E-state index contributed by atoms with van der Waals surface area (Å²) in [5.74, 6) is 0. The van der Waals surface area contributed by atoms with Gasteiger partial charge in [0.05, 0.1) is 13.2 Å². The highest BCUT2D eigenvalue weighted by Crippen LogP contribution is 2.31. The fourth-order valence-electron chi connectivity index (χ4n) is 1.88. The molecule has 0 spiro atoms. The van der Waals surface area contributed by atoms with E-state index in [1.807, 2.05) is 11.8 Å². The lowest BCUT2D eigenvalue weighted by molar-refractivity contribution is 0.136. The summed E-state index contributed by atoms with van der Waals surface area (Å²) >= 11 is 1.89. The summed E-state index contributed by atoms with van der Waals surface area (Å²) < 4.78 is 5.51. The number of amidine groups is 1. The lowest BCUT2D eigenvalue weighted by atomic mass is 9.90. The molecule has 1 N–H and O–H groups in total. The molecule has 0 amide bonds. The van der Waals surface area contributed by atoms with Crippen molar-refractivity contribution in [2.24, 2.45) is 10.4 Å². The van der Waals surface area contributed by atoms with Gasteiger partial charge in [-0.1, -0.05) is 45.9 Å². The molecule has 1 atom stereocenters. The van der Waals surface area contributed by atoms with Crippen molar-refractivity contribution in [1.82, 2.24) is 5.32 Å². The van der Waals surface area contributed by atoms with Gasteiger partial charge in [-0.05, 0) is 18.3 Å². The third-order valence-corrected chi connectivity index (χ3v) is 3.87. The molecule has 0 aromatic rings. The summed E-state index contributed by atoms with van der Waals surface area (Å²) in [7, 11) is 0. The molecule has 0 saturated heterocycles. The Kier molecular flexibility index (Phi) is 7.08. The van der Waals surface area contributed by atoms with E-state index in [0.717, 1.165) is 37.9 Å². The van der Waals surface area contributed by atoms with Crippen molar-refractivity contribution in [2.75, 3.05) is 26.3 Å². The molecule has 1 heterocycles. The van der Waals surface area contributed by atoms with Gasteiger partial charge >= 0.3 is 0 Å². The molecule has 0 fully saturated rings. The topological polar surface area (TPSA) is 33.6 Å². The highest BCUT2D eigenvalue weighted by atomic mass is 32.2. The maximum Gasteiger partial charge on any atom is 0.157 e. The lowest BCUT2D eigenvalue weighted by Gasteiger charge is -2.21. The second-order valence-electron chi connectivity index (χ2n) is 6.04. The van der Waals surface area contributed by atoms with Gasteiger partial charge in [-0.25, -0.2) is 0 Å². The molecule has 106 valence electrons. The monoisotopic (exact) mass is 272 g/mol. The van der Waals surface area contributed by atoms with Gasteiger partial charge < -0.3 is 10.1 Å². The molecule has 0 aromatic carbocycles. The molecule has 0 bridgehead atoms. The average Bonchev–Trinajstić information content (AvgIpc) is 2.68. The van der Waals surface area contributed by atoms with Crippen LogP contribution in [-0.2, 0) is 4.74 Å². The molecule has 3 nitrogen and oxygen atoms in total. The smallest absolute Gasteiger partial charge is 0.157 e. The first kappa shape index (κ1) is 15.8. The number of rotatable bonds is 7. The number of nitrogens with zero attached hydrogens (tertiary/aromatic N) is 1. The van der Waals surface area contributed by atoms with Crippen LogP contribution in [0, 0.1) is 5.41 Å². The molecule has 1 unspecified atom stereocenters. The van der Waals surface area contributed by atoms with Crippen LogP contribution in [0.4, 0.5) is 0 Å². The normalized spacial score (nSPS) is 20.0. The van der Waals surface area contributed by atoms with Crippen LogP contribution in [0.3, 0.4) is 0 Å². The second-order valence-corrected chi connectivity index (χ2v) is 7.33. The zero-order valence-electron chi connectivity index (χ0n) is 12.3. The molecule has 1 rings (SSSR count). The molecule has 18 heavy (non-hydrogen) atoms. The van der Waals surface area contributed by atoms with E-state index in [9.17, 15) is 0 Å². The molecule has 0 aliphatic carbocycles. The predicted molar refractivity (Wildman–Crippen MR) is 81.5 cm³/mol. The first-order valence-corrected chi connectivity index (χ1v) is 7.92. The van der Waals surface area contributed by atoms with Crippen molar-refractivity contribution in [1.29, 1.82) is 0 Å². The van der Waals surface area contributed by atoms with Gasteiger partial charge in [-0.3, -0.25) is 4.99 Å². The predicted octanol–water partition coefficient (Wildman–Crippen LogP) is 3.30. The molecule has 0 radical (unpaired) electrons. The number of thioether (sulfide) groups is 1. The summed E-state index contributed by atoms with van der Waals surface area (Å²) in [6.45, 7) is 12.6. The minimum atomic E-state index is 0.395. The molecule has 4 heteroatoms. The fraction of sp³-hybridized carbons (Fsp3) is 0.929. The van der Waals surface area contributed by atoms with E-state index >= 15 is 0 Å². The van der Waals surface area contributed by atoms with Crippen LogP contribution >= 0.6 is 11.8 Å². The molecule has 0 aromatic heterocycles. The van der Waals surface area contributed by atoms with E-state index in [4.69, 9.17) is 4.74 Å². The number of nitrogens with one attached hydrogen (secondary N) is 1. The molecular weight excluding hydrogens is 244 g/mol. The minimum absolute atomic E-state index is 0.395. The Balaban J connectivity index is 2.04. The van der Waals surface area contributed by atoms with Gasteiger partial charge in [-0.15, -0.1) is 0 Å². The van der Waals surface area contributed by atoms with E-state index in [-0.39, 0.29) is 0 Å². The van der Waals surface area contributed by atoms with Crippen LogP contribution in [-0.4, -0.2) is 36.7 Å². The molecule has 1 aliphatic rings. The summed E-state index contributed by atoms with van der Waals surface area (Å²) in [5.41, 5.74) is 0.395. The minimum Gasteiger partial charge on any atom is -0.380 e. The van der Waals surface area contributed by atoms with Crippen LogP contribution in [0.15, 0.2) is 4.99 Å². The molecule has 1 aliphatic heterocycles. The van der Waals surface area contributed by atoms with Crippen molar-refractivity contribution < 1.29 is 4.74 Å². The number of hydrogen-bond acceptors (Lipinski definition) is 4. The Morgan fingerprint density at radius 2 is 2.17 bits per heavy atom. The van der Waals surface area contributed by atoms with Crippen LogP contribution < -0.4 is 5.32 Å². The van der Waals surface area contributed by atoms with Gasteiger partial charge in [0.25, 0.3) is 0 Å². The number of unbranched alkanes of at least 4 members (excludes halogenated alkanes) is 1. The van der Waals surface area contributed by atoms with Crippen molar-refractivity contribution >= 4 is 16.9 Å².